The summed E-state index contributed by atoms with van der Waals surface area (Å²) in [7, 11) is -3.52. The number of carbonyl (C=O) groups is 5. The van der Waals surface area contributed by atoms with E-state index in [9.17, 15) is 27.6 Å². The third kappa shape index (κ3) is 11.3. The second-order valence-electron chi connectivity index (χ2n) is 19.5. The SMILES string of the molecule is C=CCNC(=O)C(=O)C(CCCC)NC(=O)[C@@H]1[C@H]2CCC(C)(C)[C@H]2CN1C(=O)[C@@H](NC(=O)NC1(CS(=O)(=O)CC(C)(C)C)CCCCC1)C1(C)CCCCC1. The van der Waals surface area contributed by atoms with Crippen LogP contribution in [0.5, 0.6) is 0 Å². The molecule has 0 aromatic rings. The third-order valence-corrected chi connectivity index (χ3v) is 15.3. The molecule has 4 fully saturated rings. The number of Topliss-reactive ketones (excluding diaryl/α,β-unsaturated/α-hetero) is 1. The van der Waals surface area contributed by atoms with E-state index in [1.807, 2.05) is 34.6 Å². The summed E-state index contributed by atoms with van der Waals surface area (Å²) in [6.45, 7) is 18.1. The van der Waals surface area contributed by atoms with Crippen molar-refractivity contribution in [2.45, 2.75) is 168 Å². The molecule has 312 valence electrons. The summed E-state index contributed by atoms with van der Waals surface area (Å²) in [6, 6.07) is -3.44. The zero-order valence-corrected chi connectivity index (χ0v) is 35.6. The number of nitrogens with one attached hydrogen (secondary N) is 4. The zero-order chi connectivity index (χ0) is 40.8. The smallest absolute Gasteiger partial charge is 0.315 e. The maximum Gasteiger partial charge on any atom is 0.315 e. The van der Waals surface area contributed by atoms with E-state index in [0.717, 1.165) is 57.8 Å². The molecule has 1 unspecified atom stereocenters. The predicted octanol–water partition coefficient (Wildman–Crippen LogP) is 5.60. The van der Waals surface area contributed by atoms with Gasteiger partial charge in [-0.1, -0.05) is 106 Å². The molecule has 5 atom stereocenters. The fourth-order valence-electron chi connectivity index (χ4n) is 10.2. The van der Waals surface area contributed by atoms with Crippen LogP contribution in [-0.4, -0.2) is 91.1 Å². The van der Waals surface area contributed by atoms with Gasteiger partial charge in [0.05, 0.1) is 23.1 Å². The minimum absolute atomic E-state index is 0.00567. The second-order valence-corrected chi connectivity index (χ2v) is 21.5. The molecule has 0 spiro atoms. The van der Waals surface area contributed by atoms with Crippen molar-refractivity contribution in [3.63, 3.8) is 0 Å². The van der Waals surface area contributed by atoms with Crippen LogP contribution in [0, 0.1) is 28.1 Å². The Labute approximate surface area is 330 Å². The summed E-state index contributed by atoms with van der Waals surface area (Å²) in [5.74, 6) is -2.57. The Morgan fingerprint density at radius 3 is 2.11 bits per heavy atom. The van der Waals surface area contributed by atoms with E-state index in [1.54, 1.807) is 4.90 Å². The number of rotatable bonds is 16. The van der Waals surface area contributed by atoms with Crippen molar-refractivity contribution in [2.75, 3.05) is 24.6 Å². The lowest BCUT2D eigenvalue weighted by molar-refractivity contribution is -0.145. The number of nitrogens with zero attached hydrogens (tertiary/aromatic N) is 1. The summed E-state index contributed by atoms with van der Waals surface area (Å²) in [5, 5.41) is 11.7. The lowest BCUT2D eigenvalue weighted by Crippen LogP contribution is -2.64. The van der Waals surface area contributed by atoms with E-state index >= 15 is 4.79 Å². The van der Waals surface area contributed by atoms with Crippen molar-refractivity contribution in [1.29, 1.82) is 0 Å². The summed E-state index contributed by atoms with van der Waals surface area (Å²) in [5.41, 5.74) is -2.11. The summed E-state index contributed by atoms with van der Waals surface area (Å²) in [6.07, 6.45) is 12.7. The van der Waals surface area contributed by atoms with E-state index in [2.05, 4.69) is 41.7 Å². The van der Waals surface area contributed by atoms with Crippen LogP contribution in [0.25, 0.3) is 0 Å². The molecule has 12 nitrogen and oxygen atoms in total. The van der Waals surface area contributed by atoms with E-state index in [1.165, 1.54) is 6.08 Å². The number of amides is 5. The van der Waals surface area contributed by atoms with Crippen LogP contribution in [0.15, 0.2) is 12.7 Å². The van der Waals surface area contributed by atoms with Crippen molar-refractivity contribution in [3.8, 4) is 0 Å². The van der Waals surface area contributed by atoms with Gasteiger partial charge in [0.2, 0.25) is 17.6 Å². The standard InChI is InChI=1S/C42H71N5O7S/c1-9-11-18-31(33(48)36(50)43-25-10-2)44-35(49)32-29-19-24-40(6,7)30(29)26-47(32)37(51)34(41(8)20-14-12-15-21-41)45-38(52)46-42(22-16-13-17-23-42)28-55(53,54)27-39(3,4)5/h10,29-32,34H,2,9,11-28H2,1,3-8H3,(H,43,50)(H,44,49)(H2,45,46,52)/t29-,30-,31?,32-,34+/m0/s1. The number of likely N-dealkylation sites (tertiary alicyclic amines) is 1. The Bertz CT molecular complexity index is 1520. The summed E-state index contributed by atoms with van der Waals surface area (Å²) < 4.78 is 27.0. The van der Waals surface area contributed by atoms with Gasteiger partial charge in [-0.2, -0.15) is 0 Å². The van der Waals surface area contributed by atoms with Gasteiger partial charge >= 0.3 is 6.03 Å². The Hall–Kier alpha value is -2.96. The van der Waals surface area contributed by atoms with Crippen molar-refractivity contribution in [3.05, 3.63) is 12.7 Å². The predicted molar refractivity (Wildman–Crippen MR) is 216 cm³/mol. The van der Waals surface area contributed by atoms with Gasteiger partial charge in [0.15, 0.2) is 9.84 Å². The number of sulfone groups is 1. The Morgan fingerprint density at radius 1 is 0.909 bits per heavy atom. The van der Waals surface area contributed by atoms with Crippen molar-refractivity contribution >= 4 is 39.4 Å². The molecule has 0 bridgehead atoms. The molecule has 5 amide bonds. The highest BCUT2D eigenvalue weighted by Gasteiger charge is 2.58. The molecule has 3 saturated carbocycles. The van der Waals surface area contributed by atoms with Gasteiger partial charge in [0.25, 0.3) is 5.91 Å². The molecule has 1 saturated heterocycles. The number of hydrogen-bond acceptors (Lipinski definition) is 7. The first-order valence-electron chi connectivity index (χ1n) is 21.0. The number of urea groups is 1. The largest absolute Gasteiger partial charge is 0.346 e. The molecular formula is C42H71N5O7S. The molecular weight excluding hydrogens is 719 g/mol. The number of fused-ring (bicyclic) bond motifs is 1. The fourth-order valence-corrected chi connectivity index (χ4v) is 12.8. The quantitative estimate of drug-likeness (QED) is 0.117. The maximum absolute atomic E-state index is 15.2. The third-order valence-electron chi connectivity index (χ3n) is 13.0. The molecule has 4 rings (SSSR count). The summed E-state index contributed by atoms with van der Waals surface area (Å²) >= 11 is 0. The van der Waals surface area contributed by atoms with Crippen molar-refractivity contribution < 1.29 is 32.4 Å². The molecule has 4 N–H and O–H groups in total. The van der Waals surface area contributed by atoms with Gasteiger partial charge in [0, 0.05) is 13.1 Å². The topological polar surface area (TPSA) is 171 Å². The number of unbranched alkanes of at least 4 members (excludes halogenated alkanes) is 1. The average Bonchev–Trinajstić information content (AvgIpc) is 3.63. The average molecular weight is 790 g/mol. The van der Waals surface area contributed by atoms with Gasteiger partial charge in [-0.05, 0) is 73.0 Å². The van der Waals surface area contributed by atoms with Gasteiger partial charge in [0.1, 0.15) is 12.1 Å². The first kappa shape index (κ1) is 44.8. The van der Waals surface area contributed by atoms with Crippen LogP contribution in [0.3, 0.4) is 0 Å². The van der Waals surface area contributed by atoms with Crippen LogP contribution in [-0.2, 0) is 29.0 Å². The van der Waals surface area contributed by atoms with Crippen LogP contribution in [0.2, 0.25) is 0 Å². The van der Waals surface area contributed by atoms with Crippen molar-refractivity contribution in [2.24, 2.45) is 28.1 Å². The highest BCUT2D eigenvalue weighted by atomic mass is 32.2. The molecule has 0 aromatic carbocycles. The van der Waals surface area contributed by atoms with E-state index in [-0.39, 0.29) is 41.2 Å². The Balaban J connectivity index is 1.66. The Kier molecular flexibility index (Phi) is 14.7. The zero-order valence-electron chi connectivity index (χ0n) is 34.8. The Morgan fingerprint density at radius 2 is 1.53 bits per heavy atom. The highest BCUT2D eigenvalue weighted by Crippen LogP contribution is 2.53. The van der Waals surface area contributed by atoms with E-state index in [0.29, 0.717) is 45.1 Å². The van der Waals surface area contributed by atoms with Crippen LogP contribution in [0.4, 0.5) is 4.79 Å². The van der Waals surface area contributed by atoms with Gasteiger partial charge < -0.3 is 26.2 Å². The van der Waals surface area contributed by atoms with Gasteiger partial charge in [-0.15, -0.1) is 6.58 Å². The molecule has 3 aliphatic carbocycles. The molecule has 1 heterocycles. The van der Waals surface area contributed by atoms with Gasteiger partial charge in [-0.3, -0.25) is 19.2 Å². The second kappa shape index (κ2) is 18.1. The molecule has 13 heteroatoms. The molecule has 55 heavy (non-hydrogen) atoms. The highest BCUT2D eigenvalue weighted by molar-refractivity contribution is 7.91. The van der Waals surface area contributed by atoms with Crippen molar-refractivity contribution in [1.82, 2.24) is 26.2 Å². The van der Waals surface area contributed by atoms with E-state index < -0.39 is 68.0 Å². The van der Waals surface area contributed by atoms with E-state index in [4.69, 9.17) is 0 Å². The van der Waals surface area contributed by atoms with Crippen LogP contribution in [0.1, 0.15) is 145 Å². The minimum Gasteiger partial charge on any atom is -0.346 e. The number of carbonyl (C=O) groups excluding carboxylic acids is 5. The molecule has 1 aliphatic heterocycles. The molecule has 4 aliphatic rings. The lowest BCUT2D eigenvalue weighted by Gasteiger charge is -2.44. The number of hydrogen-bond donors (Lipinski definition) is 4. The fraction of sp³-hybridized carbons (Fsp3) is 0.833. The normalized spacial score (nSPS) is 25.5. The maximum atomic E-state index is 15.2. The monoisotopic (exact) mass is 790 g/mol. The van der Waals surface area contributed by atoms with Gasteiger partial charge in [-0.25, -0.2) is 13.2 Å². The minimum atomic E-state index is -3.52. The first-order valence-corrected chi connectivity index (χ1v) is 22.8. The van der Waals surface area contributed by atoms with Crippen LogP contribution < -0.4 is 21.3 Å². The lowest BCUT2D eigenvalue weighted by atomic mass is 9.70. The first-order chi connectivity index (χ1) is 25.7. The van der Waals surface area contributed by atoms with Crippen LogP contribution >= 0.6 is 0 Å². The molecule has 0 radical (unpaired) electrons. The molecule has 0 aromatic heterocycles. The summed E-state index contributed by atoms with van der Waals surface area (Å²) in [4.78, 5) is 71.7. The number of ketones is 1.